The molecule has 1 heterocycles. The number of rotatable bonds is 4. The summed E-state index contributed by atoms with van der Waals surface area (Å²) in [5.74, 6) is 1.96. The highest BCUT2D eigenvalue weighted by Crippen LogP contribution is 1.99. The SMILES string of the molecule is CCc1nc(CCCN)n(C)n1. The fraction of sp³-hybridized carbons (Fsp3) is 0.750. The predicted molar refractivity (Wildman–Crippen MR) is 47.8 cm³/mol. The van der Waals surface area contributed by atoms with Crippen LogP contribution in [0, 0.1) is 0 Å². The van der Waals surface area contributed by atoms with E-state index in [0.29, 0.717) is 6.54 Å². The highest BCUT2D eigenvalue weighted by molar-refractivity contribution is 4.92. The molecule has 0 aliphatic heterocycles. The summed E-state index contributed by atoms with van der Waals surface area (Å²) < 4.78 is 1.84. The molecule has 0 aliphatic rings. The van der Waals surface area contributed by atoms with Gasteiger partial charge in [-0.05, 0) is 13.0 Å². The maximum absolute atomic E-state index is 5.41. The van der Waals surface area contributed by atoms with Crippen molar-refractivity contribution in [3.8, 4) is 0 Å². The maximum Gasteiger partial charge on any atom is 0.150 e. The molecule has 1 aromatic rings. The molecule has 1 aromatic heterocycles. The highest BCUT2D eigenvalue weighted by atomic mass is 15.3. The molecule has 0 aromatic carbocycles. The Labute approximate surface area is 72.8 Å². The van der Waals surface area contributed by atoms with Gasteiger partial charge in [-0.15, -0.1) is 0 Å². The number of hydrogen-bond donors (Lipinski definition) is 1. The van der Waals surface area contributed by atoms with Gasteiger partial charge < -0.3 is 5.73 Å². The molecule has 0 atom stereocenters. The number of hydrogen-bond acceptors (Lipinski definition) is 3. The minimum atomic E-state index is 0.717. The van der Waals surface area contributed by atoms with Crippen molar-refractivity contribution in [2.45, 2.75) is 26.2 Å². The Kier molecular flexibility index (Phi) is 3.22. The van der Waals surface area contributed by atoms with E-state index < -0.39 is 0 Å². The Morgan fingerprint density at radius 1 is 1.50 bits per heavy atom. The fourth-order valence-corrected chi connectivity index (χ4v) is 1.10. The summed E-state index contributed by atoms with van der Waals surface area (Å²) in [6.45, 7) is 2.77. The van der Waals surface area contributed by atoms with Crippen molar-refractivity contribution in [1.82, 2.24) is 14.8 Å². The van der Waals surface area contributed by atoms with Crippen LogP contribution in [0.5, 0.6) is 0 Å². The second kappa shape index (κ2) is 4.21. The van der Waals surface area contributed by atoms with Gasteiger partial charge in [-0.2, -0.15) is 5.10 Å². The molecule has 0 saturated carbocycles. The first-order valence-electron chi connectivity index (χ1n) is 4.36. The smallest absolute Gasteiger partial charge is 0.150 e. The van der Waals surface area contributed by atoms with Gasteiger partial charge in [-0.3, -0.25) is 4.68 Å². The third kappa shape index (κ3) is 2.04. The second-order valence-electron chi connectivity index (χ2n) is 2.81. The molecule has 1 rings (SSSR count). The summed E-state index contributed by atoms with van der Waals surface area (Å²) in [6.07, 6.45) is 2.81. The lowest BCUT2D eigenvalue weighted by Crippen LogP contribution is -2.04. The molecule has 0 spiro atoms. The van der Waals surface area contributed by atoms with Crippen LogP contribution in [0.3, 0.4) is 0 Å². The van der Waals surface area contributed by atoms with E-state index >= 15 is 0 Å². The first kappa shape index (κ1) is 9.19. The topological polar surface area (TPSA) is 56.7 Å². The van der Waals surface area contributed by atoms with E-state index in [0.717, 1.165) is 30.9 Å². The van der Waals surface area contributed by atoms with Crippen LogP contribution in [0.25, 0.3) is 0 Å². The van der Waals surface area contributed by atoms with Crippen molar-refractivity contribution in [3.05, 3.63) is 11.6 Å². The third-order valence-corrected chi connectivity index (χ3v) is 1.82. The van der Waals surface area contributed by atoms with Crippen LogP contribution in [0.4, 0.5) is 0 Å². The van der Waals surface area contributed by atoms with Crippen molar-refractivity contribution < 1.29 is 0 Å². The highest BCUT2D eigenvalue weighted by Gasteiger charge is 2.03. The molecule has 0 amide bonds. The monoisotopic (exact) mass is 168 g/mol. The predicted octanol–water partition coefficient (Wildman–Crippen LogP) is 0.269. The zero-order valence-corrected chi connectivity index (χ0v) is 7.75. The fourth-order valence-electron chi connectivity index (χ4n) is 1.10. The molecule has 0 saturated heterocycles. The standard InChI is InChI=1S/C8H16N4/c1-3-7-10-8(5-4-6-9)12(2)11-7/h3-6,9H2,1-2H3. The lowest BCUT2D eigenvalue weighted by Gasteiger charge is -1.96. The number of aromatic nitrogens is 3. The van der Waals surface area contributed by atoms with Gasteiger partial charge in [-0.25, -0.2) is 4.98 Å². The van der Waals surface area contributed by atoms with Crippen molar-refractivity contribution in [3.63, 3.8) is 0 Å². The second-order valence-corrected chi connectivity index (χ2v) is 2.81. The molecule has 4 nitrogen and oxygen atoms in total. The van der Waals surface area contributed by atoms with E-state index in [4.69, 9.17) is 5.73 Å². The molecule has 4 heteroatoms. The van der Waals surface area contributed by atoms with Crippen LogP contribution >= 0.6 is 0 Å². The summed E-state index contributed by atoms with van der Waals surface area (Å²) in [5, 5.41) is 4.25. The lowest BCUT2D eigenvalue weighted by molar-refractivity contribution is 0.671. The van der Waals surface area contributed by atoms with Crippen molar-refractivity contribution in [2.75, 3.05) is 6.54 Å². The molecular weight excluding hydrogens is 152 g/mol. The summed E-state index contributed by atoms with van der Waals surface area (Å²) in [7, 11) is 1.93. The van der Waals surface area contributed by atoms with Gasteiger partial charge >= 0.3 is 0 Å². The molecule has 0 fully saturated rings. The summed E-state index contributed by atoms with van der Waals surface area (Å²) in [6, 6.07) is 0. The van der Waals surface area contributed by atoms with Gasteiger partial charge in [-0.1, -0.05) is 6.92 Å². The molecular formula is C8H16N4. The van der Waals surface area contributed by atoms with Crippen molar-refractivity contribution >= 4 is 0 Å². The quantitative estimate of drug-likeness (QED) is 0.702. The summed E-state index contributed by atoms with van der Waals surface area (Å²) in [5.41, 5.74) is 5.41. The Morgan fingerprint density at radius 2 is 2.25 bits per heavy atom. The summed E-state index contributed by atoms with van der Waals surface area (Å²) >= 11 is 0. The van der Waals surface area contributed by atoms with E-state index in [9.17, 15) is 0 Å². The Bertz CT molecular complexity index is 241. The Hall–Kier alpha value is -0.900. The van der Waals surface area contributed by atoms with Crippen LogP contribution < -0.4 is 5.73 Å². The first-order chi connectivity index (χ1) is 5.77. The molecule has 12 heavy (non-hydrogen) atoms. The van der Waals surface area contributed by atoms with E-state index in [1.807, 2.05) is 11.7 Å². The van der Waals surface area contributed by atoms with Crippen LogP contribution in [-0.2, 0) is 19.9 Å². The molecule has 0 unspecified atom stereocenters. The molecule has 0 radical (unpaired) electrons. The number of nitrogens with two attached hydrogens (primary N) is 1. The Morgan fingerprint density at radius 3 is 2.75 bits per heavy atom. The normalized spacial score (nSPS) is 10.6. The lowest BCUT2D eigenvalue weighted by atomic mass is 10.3. The molecule has 2 N–H and O–H groups in total. The van der Waals surface area contributed by atoms with Gasteiger partial charge in [0.15, 0.2) is 5.82 Å². The van der Waals surface area contributed by atoms with E-state index in [1.54, 1.807) is 0 Å². The zero-order chi connectivity index (χ0) is 8.97. The number of aryl methyl sites for hydroxylation is 3. The van der Waals surface area contributed by atoms with Crippen molar-refractivity contribution in [1.29, 1.82) is 0 Å². The largest absolute Gasteiger partial charge is 0.330 e. The molecule has 0 bridgehead atoms. The van der Waals surface area contributed by atoms with Crippen LogP contribution in [-0.4, -0.2) is 21.3 Å². The van der Waals surface area contributed by atoms with Crippen molar-refractivity contribution in [2.24, 2.45) is 12.8 Å². The summed E-state index contributed by atoms with van der Waals surface area (Å²) in [4.78, 5) is 4.36. The Balaban J connectivity index is 2.64. The number of nitrogens with zero attached hydrogens (tertiary/aromatic N) is 3. The average molecular weight is 168 g/mol. The van der Waals surface area contributed by atoms with Gasteiger partial charge in [0.1, 0.15) is 5.82 Å². The minimum Gasteiger partial charge on any atom is -0.330 e. The zero-order valence-electron chi connectivity index (χ0n) is 7.75. The third-order valence-electron chi connectivity index (χ3n) is 1.82. The van der Waals surface area contributed by atoms with Gasteiger partial charge in [0.05, 0.1) is 0 Å². The maximum atomic E-state index is 5.41. The van der Waals surface area contributed by atoms with E-state index in [2.05, 4.69) is 17.0 Å². The molecule has 68 valence electrons. The van der Waals surface area contributed by atoms with Gasteiger partial charge in [0.25, 0.3) is 0 Å². The molecule has 0 aliphatic carbocycles. The van der Waals surface area contributed by atoms with Gasteiger partial charge in [0, 0.05) is 19.9 Å². The van der Waals surface area contributed by atoms with E-state index in [1.165, 1.54) is 0 Å². The van der Waals surface area contributed by atoms with E-state index in [-0.39, 0.29) is 0 Å². The van der Waals surface area contributed by atoms with Crippen LogP contribution in [0.2, 0.25) is 0 Å². The first-order valence-corrected chi connectivity index (χ1v) is 4.36. The van der Waals surface area contributed by atoms with Crippen LogP contribution in [0.1, 0.15) is 25.0 Å². The minimum absolute atomic E-state index is 0.717. The van der Waals surface area contributed by atoms with Gasteiger partial charge in [0.2, 0.25) is 0 Å². The average Bonchev–Trinajstić information content (AvgIpc) is 2.43. The van der Waals surface area contributed by atoms with Crippen LogP contribution in [0.15, 0.2) is 0 Å².